The summed E-state index contributed by atoms with van der Waals surface area (Å²) in [6.07, 6.45) is -2.60. The molecule has 1 saturated heterocycles. The van der Waals surface area contributed by atoms with E-state index in [1.54, 1.807) is 6.07 Å². The molecule has 1 aromatic carbocycles. The van der Waals surface area contributed by atoms with E-state index in [9.17, 15) is 13.6 Å². The highest BCUT2D eigenvalue weighted by Crippen LogP contribution is 2.26. The normalized spacial score (nSPS) is 16.8. The van der Waals surface area contributed by atoms with Crippen LogP contribution in [0.1, 0.15) is 27.9 Å². The van der Waals surface area contributed by atoms with E-state index in [-0.39, 0.29) is 23.5 Å². The topological polar surface area (TPSA) is 23.6 Å². The zero-order valence-electron chi connectivity index (χ0n) is 11.7. The first kappa shape index (κ1) is 18.3. The maximum Gasteiger partial charge on any atom is 0.264 e. The van der Waals surface area contributed by atoms with Crippen LogP contribution in [-0.2, 0) is 6.54 Å². The van der Waals surface area contributed by atoms with Crippen molar-refractivity contribution < 1.29 is 13.6 Å². The Hall–Kier alpha value is -0.750. The summed E-state index contributed by atoms with van der Waals surface area (Å²) in [6, 6.07) is 4.29. The van der Waals surface area contributed by atoms with E-state index < -0.39 is 11.7 Å². The van der Waals surface area contributed by atoms with Crippen molar-refractivity contribution in [2.24, 2.45) is 0 Å². The molecule has 1 fully saturated rings. The molecule has 7 heteroatoms. The predicted octanol–water partition coefficient (Wildman–Crippen LogP) is 3.17. The number of halogens is 4. The first-order chi connectivity index (χ1) is 9.47. The van der Waals surface area contributed by atoms with E-state index in [1.165, 1.54) is 12.1 Å². The van der Waals surface area contributed by atoms with Gasteiger partial charge in [0.2, 0.25) is 0 Å². The minimum atomic E-state index is -2.60. The Bertz CT molecular complexity index is 492. The highest BCUT2D eigenvalue weighted by Gasteiger charge is 2.19. The van der Waals surface area contributed by atoms with Gasteiger partial charge in [-0.1, -0.05) is 6.07 Å². The van der Waals surface area contributed by atoms with Gasteiger partial charge < -0.3 is 4.90 Å². The zero-order valence-corrected chi connectivity index (χ0v) is 13.3. The largest absolute Gasteiger partial charge is 0.304 e. The average Bonchev–Trinajstić information content (AvgIpc) is 2.41. The van der Waals surface area contributed by atoms with Crippen LogP contribution in [0.15, 0.2) is 18.2 Å². The molecule has 1 aromatic rings. The van der Waals surface area contributed by atoms with Crippen LogP contribution >= 0.6 is 24.0 Å². The van der Waals surface area contributed by atoms with Crippen molar-refractivity contribution in [3.8, 4) is 0 Å². The Morgan fingerprint density at radius 3 is 2.43 bits per heavy atom. The molecule has 1 aliphatic heterocycles. The van der Waals surface area contributed by atoms with Gasteiger partial charge in [0, 0.05) is 43.9 Å². The van der Waals surface area contributed by atoms with E-state index in [4.69, 9.17) is 11.6 Å². The summed E-state index contributed by atoms with van der Waals surface area (Å²) in [4.78, 5) is 15.4. The molecule has 1 heterocycles. The number of benzene rings is 1. The molecule has 0 radical (unpaired) electrons. The monoisotopic (exact) mass is 338 g/mol. The molecule has 0 amide bonds. The third-order valence-corrected chi connectivity index (χ3v) is 3.82. The van der Waals surface area contributed by atoms with Crippen molar-refractivity contribution in [3.63, 3.8) is 0 Å². The van der Waals surface area contributed by atoms with Crippen LogP contribution in [0.3, 0.4) is 0 Å². The van der Waals surface area contributed by atoms with E-state index >= 15 is 0 Å². The van der Waals surface area contributed by atoms with Crippen LogP contribution in [0.5, 0.6) is 0 Å². The molecule has 3 nitrogen and oxygen atoms in total. The molecule has 0 atom stereocenters. The van der Waals surface area contributed by atoms with Crippen LogP contribution in [0.25, 0.3) is 0 Å². The van der Waals surface area contributed by atoms with Crippen LogP contribution in [0.2, 0.25) is 0 Å². The second-order valence-corrected chi connectivity index (χ2v) is 5.41. The van der Waals surface area contributed by atoms with E-state index in [0.717, 1.165) is 26.2 Å². The number of nitrogens with zero attached hydrogens (tertiary/aromatic N) is 2. The number of piperazine rings is 1. The van der Waals surface area contributed by atoms with Crippen LogP contribution in [0, 0.1) is 0 Å². The number of carbonyl (C=O) groups is 1. The van der Waals surface area contributed by atoms with Gasteiger partial charge >= 0.3 is 0 Å². The summed E-state index contributed by atoms with van der Waals surface area (Å²) in [5.41, 5.74) is 0.575. The molecule has 0 bridgehead atoms. The third kappa shape index (κ3) is 4.88. The number of carbonyl (C=O) groups excluding carboxylic acids is 1. The van der Waals surface area contributed by atoms with Gasteiger partial charge in [0.15, 0.2) is 0 Å². The maximum absolute atomic E-state index is 13.1. The summed E-state index contributed by atoms with van der Waals surface area (Å²) in [6.45, 7) is 4.06. The van der Waals surface area contributed by atoms with E-state index in [0.29, 0.717) is 12.1 Å². The average molecular weight is 339 g/mol. The van der Waals surface area contributed by atoms with Gasteiger partial charge in [-0.25, -0.2) is 8.78 Å². The van der Waals surface area contributed by atoms with Crippen molar-refractivity contribution in [2.45, 2.75) is 13.0 Å². The van der Waals surface area contributed by atoms with Crippen LogP contribution < -0.4 is 0 Å². The van der Waals surface area contributed by atoms with E-state index in [1.807, 2.05) is 7.05 Å². The number of alkyl halides is 2. The van der Waals surface area contributed by atoms with Crippen molar-refractivity contribution >= 4 is 29.3 Å². The molecule has 0 N–H and O–H groups in total. The SMILES string of the molecule is CN1CCN(Cc2ccc(C(=O)Cl)cc2C(F)F)CC1.Cl. The van der Waals surface area contributed by atoms with Crippen molar-refractivity contribution in [2.75, 3.05) is 33.2 Å². The summed E-state index contributed by atoms with van der Waals surface area (Å²) in [5.74, 6) is 0. The van der Waals surface area contributed by atoms with Crippen molar-refractivity contribution in [1.29, 1.82) is 0 Å². The smallest absolute Gasteiger partial charge is 0.264 e. The fourth-order valence-electron chi connectivity index (χ4n) is 2.31. The van der Waals surface area contributed by atoms with Gasteiger partial charge in [0.1, 0.15) is 0 Å². The number of hydrogen-bond donors (Lipinski definition) is 0. The Labute approximate surface area is 134 Å². The standard InChI is InChI=1S/C14H17ClF2N2O.ClH/c1-18-4-6-19(7-5-18)9-11-3-2-10(13(15)20)8-12(11)14(16)17;/h2-3,8,14H,4-7,9H2,1H3;1H. The molecule has 0 spiro atoms. The maximum atomic E-state index is 13.1. The van der Waals surface area contributed by atoms with Gasteiger partial charge in [-0.05, 0) is 36.3 Å². The Kier molecular flexibility index (Phi) is 7.00. The second kappa shape index (κ2) is 8.03. The molecule has 1 aliphatic rings. The number of hydrogen-bond acceptors (Lipinski definition) is 3. The molecule has 118 valence electrons. The lowest BCUT2D eigenvalue weighted by Crippen LogP contribution is -2.44. The number of rotatable bonds is 4. The minimum absolute atomic E-state index is 0. The van der Waals surface area contributed by atoms with Crippen LogP contribution in [0.4, 0.5) is 8.78 Å². The summed E-state index contributed by atoms with van der Waals surface area (Å²) >= 11 is 5.34. The highest BCUT2D eigenvalue weighted by molar-refractivity contribution is 6.67. The second-order valence-electron chi connectivity index (χ2n) is 5.07. The van der Waals surface area contributed by atoms with Gasteiger partial charge in [-0.3, -0.25) is 9.69 Å². The quantitative estimate of drug-likeness (QED) is 0.788. The Morgan fingerprint density at radius 1 is 1.29 bits per heavy atom. The van der Waals surface area contributed by atoms with Gasteiger partial charge in [-0.2, -0.15) is 0 Å². The summed E-state index contributed by atoms with van der Waals surface area (Å²) in [5, 5.41) is -0.710. The fourth-order valence-corrected chi connectivity index (χ4v) is 2.43. The third-order valence-electron chi connectivity index (χ3n) is 3.60. The Morgan fingerprint density at radius 2 is 1.90 bits per heavy atom. The molecule has 0 saturated carbocycles. The zero-order chi connectivity index (χ0) is 14.7. The minimum Gasteiger partial charge on any atom is -0.304 e. The first-order valence-electron chi connectivity index (χ1n) is 6.49. The summed E-state index contributed by atoms with van der Waals surface area (Å²) < 4.78 is 26.2. The van der Waals surface area contributed by atoms with Gasteiger partial charge in [-0.15, -0.1) is 12.4 Å². The molecule has 21 heavy (non-hydrogen) atoms. The molecule has 0 aliphatic carbocycles. The van der Waals surface area contributed by atoms with Gasteiger partial charge in [0.25, 0.3) is 11.7 Å². The molecular formula is C14H18Cl2F2N2O. The molecule has 0 unspecified atom stereocenters. The Balaban J connectivity index is 0.00000220. The lowest BCUT2D eigenvalue weighted by atomic mass is 10.0. The molecule has 0 aromatic heterocycles. The van der Waals surface area contributed by atoms with Gasteiger partial charge in [0.05, 0.1) is 0 Å². The predicted molar refractivity (Wildman–Crippen MR) is 81.6 cm³/mol. The lowest BCUT2D eigenvalue weighted by molar-refractivity contribution is 0.108. The fraction of sp³-hybridized carbons (Fsp3) is 0.500. The molecule has 2 rings (SSSR count). The number of likely N-dealkylation sites (N-methyl/N-ethyl adjacent to an activating group) is 1. The highest BCUT2D eigenvalue weighted by atomic mass is 35.5. The van der Waals surface area contributed by atoms with E-state index in [2.05, 4.69) is 9.80 Å². The summed E-state index contributed by atoms with van der Waals surface area (Å²) in [7, 11) is 2.04. The van der Waals surface area contributed by atoms with Crippen LogP contribution in [-0.4, -0.2) is 48.3 Å². The molecular weight excluding hydrogens is 321 g/mol. The first-order valence-corrected chi connectivity index (χ1v) is 6.87. The lowest BCUT2D eigenvalue weighted by Gasteiger charge is -2.32. The van der Waals surface area contributed by atoms with Crippen molar-refractivity contribution in [3.05, 3.63) is 34.9 Å². The van der Waals surface area contributed by atoms with Crippen molar-refractivity contribution in [1.82, 2.24) is 9.80 Å².